The number of para-hydroxylation sites is 1. The molecule has 0 bridgehead atoms. The molecule has 1 aliphatic carbocycles. The van der Waals surface area contributed by atoms with Crippen LogP contribution in [0, 0.1) is 5.92 Å². The van der Waals surface area contributed by atoms with Gasteiger partial charge < -0.3 is 14.5 Å². The fourth-order valence-electron chi connectivity index (χ4n) is 3.16. The maximum atomic E-state index is 12.5. The Morgan fingerprint density at radius 1 is 1.03 bits per heavy atom. The van der Waals surface area contributed by atoms with Gasteiger partial charge in [0.15, 0.2) is 4.33 Å². The van der Waals surface area contributed by atoms with Crippen molar-refractivity contribution in [1.82, 2.24) is 4.98 Å². The summed E-state index contributed by atoms with van der Waals surface area (Å²) in [6.07, 6.45) is 1.88. The van der Waals surface area contributed by atoms with Crippen LogP contribution in [-0.4, -0.2) is 21.4 Å². The number of rotatable bonds is 7. The van der Waals surface area contributed by atoms with Crippen LogP contribution in [0.15, 0.2) is 66.9 Å². The number of carbonyl (C=O) groups excluding carboxylic acids is 1. The number of H-pyrrole nitrogens is 1. The topological polar surface area (TPSA) is 51.3 Å². The Hall–Kier alpha value is -2.14. The third kappa shape index (κ3) is 4.55. The van der Waals surface area contributed by atoms with E-state index in [2.05, 4.69) is 4.98 Å². The summed E-state index contributed by atoms with van der Waals surface area (Å²) in [6.45, 7) is 0.104. The molecule has 0 spiro atoms. The van der Waals surface area contributed by atoms with E-state index >= 15 is 0 Å². The highest BCUT2D eigenvalue weighted by molar-refractivity contribution is 6.53. The molecule has 150 valence electrons. The van der Waals surface area contributed by atoms with Gasteiger partial charge in [0.1, 0.15) is 24.4 Å². The van der Waals surface area contributed by atoms with E-state index in [1.807, 2.05) is 54.7 Å². The van der Waals surface area contributed by atoms with Crippen molar-refractivity contribution in [3.8, 4) is 5.75 Å². The van der Waals surface area contributed by atoms with Gasteiger partial charge in [0.2, 0.25) is 0 Å². The zero-order valence-electron chi connectivity index (χ0n) is 15.3. The van der Waals surface area contributed by atoms with Crippen LogP contribution < -0.4 is 4.74 Å². The summed E-state index contributed by atoms with van der Waals surface area (Å²) in [6, 6.07) is 18.7. The van der Waals surface area contributed by atoms with Crippen LogP contribution in [0.2, 0.25) is 5.02 Å². The molecule has 3 aromatic rings. The monoisotopic (exact) mass is 449 g/mol. The Bertz CT molecular complexity index is 986. The minimum atomic E-state index is -1.30. The fourth-order valence-corrected chi connectivity index (χ4v) is 3.91. The molecule has 1 aromatic heterocycles. The van der Waals surface area contributed by atoms with Gasteiger partial charge in [-0.15, -0.1) is 0 Å². The summed E-state index contributed by atoms with van der Waals surface area (Å²) in [7, 11) is 0. The van der Waals surface area contributed by atoms with E-state index in [1.54, 1.807) is 12.1 Å². The van der Waals surface area contributed by atoms with Gasteiger partial charge in [-0.2, -0.15) is 0 Å². The standard InChI is InChI=1S/C22H18Cl3NO3/c23-16-8-6-14(7-9-16)12-15-10-11-26-18(15)13-28-21(27)19-20(22(19,24)25)29-17-4-2-1-3-5-17/h1-11,19-20,26H,12-13H2. The van der Waals surface area contributed by atoms with Gasteiger partial charge in [0, 0.05) is 11.2 Å². The Morgan fingerprint density at radius 3 is 2.48 bits per heavy atom. The second kappa shape index (κ2) is 8.31. The molecule has 2 unspecified atom stereocenters. The van der Waals surface area contributed by atoms with E-state index < -0.39 is 22.3 Å². The van der Waals surface area contributed by atoms with Crippen LogP contribution >= 0.6 is 34.8 Å². The number of hydrogen-bond donors (Lipinski definition) is 1. The van der Waals surface area contributed by atoms with Gasteiger partial charge >= 0.3 is 5.97 Å². The molecule has 1 saturated carbocycles. The lowest BCUT2D eigenvalue weighted by molar-refractivity contribution is -0.147. The smallest absolute Gasteiger partial charge is 0.316 e. The molecule has 2 atom stereocenters. The van der Waals surface area contributed by atoms with Crippen LogP contribution in [0.5, 0.6) is 5.75 Å². The summed E-state index contributed by atoms with van der Waals surface area (Å²) >= 11 is 18.4. The van der Waals surface area contributed by atoms with E-state index in [1.165, 1.54) is 0 Å². The van der Waals surface area contributed by atoms with Crippen molar-refractivity contribution < 1.29 is 14.3 Å². The number of benzene rings is 2. The first-order valence-electron chi connectivity index (χ1n) is 9.11. The second-order valence-corrected chi connectivity index (χ2v) is 8.78. The summed E-state index contributed by atoms with van der Waals surface area (Å²) in [5, 5.41) is 0.694. The molecular formula is C22H18Cl3NO3. The van der Waals surface area contributed by atoms with Crippen LogP contribution in [0.4, 0.5) is 0 Å². The number of aromatic nitrogens is 1. The molecule has 29 heavy (non-hydrogen) atoms. The number of aromatic amines is 1. The Balaban J connectivity index is 1.35. The van der Waals surface area contributed by atoms with Gasteiger partial charge in [0.05, 0.1) is 5.69 Å². The normalized spacial score (nSPS) is 19.6. The van der Waals surface area contributed by atoms with E-state index in [0.29, 0.717) is 17.2 Å². The molecule has 7 heteroatoms. The molecule has 1 heterocycles. The van der Waals surface area contributed by atoms with E-state index in [-0.39, 0.29) is 6.61 Å². The minimum Gasteiger partial charge on any atom is -0.486 e. The fraction of sp³-hybridized carbons (Fsp3) is 0.227. The lowest BCUT2D eigenvalue weighted by atomic mass is 10.1. The zero-order chi connectivity index (χ0) is 20.4. The van der Waals surface area contributed by atoms with Crippen molar-refractivity contribution in [3.63, 3.8) is 0 Å². The zero-order valence-corrected chi connectivity index (χ0v) is 17.5. The van der Waals surface area contributed by atoms with Crippen molar-refractivity contribution in [2.24, 2.45) is 5.92 Å². The highest BCUT2D eigenvalue weighted by atomic mass is 35.5. The Labute approximate surface area is 183 Å². The molecule has 2 aromatic carbocycles. The number of halogens is 3. The van der Waals surface area contributed by atoms with Crippen molar-refractivity contribution in [2.75, 3.05) is 0 Å². The molecular weight excluding hydrogens is 433 g/mol. The lowest BCUT2D eigenvalue weighted by Gasteiger charge is -2.07. The second-order valence-electron chi connectivity index (χ2n) is 6.90. The van der Waals surface area contributed by atoms with E-state index in [9.17, 15) is 4.79 Å². The maximum Gasteiger partial charge on any atom is 0.316 e. The molecule has 4 rings (SSSR count). The molecule has 0 saturated heterocycles. The van der Waals surface area contributed by atoms with Crippen molar-refractivity contribution in [3.05, 3.63) is 88.7 Å². The molecule has 1 N–H and O–H groups in total. The third-order valence-electron chi connectivity index (χ3n) is 4.84. The predicted octanol–water partition coefficient (Wildman–Crippen LogP) is 5.55. The summed E-state index contributed by atoms with van der Waals surface area (Å²) in [5.41, 5.74) is 2.97. The van der Waals surface area contributed by atoms with Gasteiger partial charge in [-0.05, 0) is 47.9 Å². The van der Waals surface area contributed by atoms with E-state index in [0.717, 1.165) is 16.8 Å². The van der Waals surface area contributed by atoms with E-state index in [4.69, 9.17) is 44.3 Å². The first-order valence-corrected chi connectivity index (χ1v) is 10.2. The molecule has 1 aliphatic rings. The lowest BCUT2D eigenvalue weighted by Crippen LogP contribution is -2.13. The highest BCUT2D eigenvalue weighted by Gasteiger charge is 2.71. The number of esters is 1. The molecule has 1 fully saturated rings. The highest BCUT2D eigenvalue weighted by Crippen LogP contribution is 2.55. The Kier molecular flexibility index (Phi) is 5.77. The number of alkyl halides is 2. The molecule has 0 radical (unpaired) electrons. The van der Waals surface area contributed by atoms with Crippen LogP contribution in [-0.2, 0) is 22.6 Å². The average Bonchev–Trinajstić information content (AvgIpc) is 3.01. The average molecular weight is 451 g/mol. The number of nitrogens with one attached hydrogen (secondary N) is 1. The molecule has 0 amide bonds. The predicted molar refractivity (Wildman–Crippen MR) is 114 cm³/mol. The minimum absolute atomic E-state index is 0.104. The molecule has 4 nitrogen and oxygen atoms in total. The third-order valence-corrected chi connectivity index (χ3v) is 6.00. The SMILES string of the molecule is O=C(OCc1[nH]ccc1Cc1ccc(Cl)cc1)C1C(Oc2ccccc2)C1(Cl)Cl. The van der Waals surface area contributed by atoms with Gasteiger partial charge in [0.25, 0.3) is 0 Å². The van der Waals surface area contributed by atoms with Crippen molar-refractivity contribution >= 4 is 40.8 Å². The van der Waals surface area contributed by atoms with Gasteiger partial charge in [-0.25, -0.2) is 0 Å². The van der Waals surface area contributed by atoms with Crippen molar-refractivity contribution in [2.45, 2.75) is 23.5 Å². The van der Waals surface area contributed by atoms with Gasteiger partial charge in [-0.3, -0.25) is 4.79 Å². The number of ether oxygens (including phenoxy) is 2. The van der Waals surface area contributed by atoms with Crippen molar-refractivity contribution in [1.29, 1.82) is 0 Å². The van der Waals surface area contributed by atoms with Crippen LogP contribution in [0.3, 0.4) is 0 Å². The largest absolute Gasteiger partial charge is 0.486 e. The summed E-state index contributed by atoms with van der Waals surface area (Å²) in [4.78, 5) is 15.6. The van der Waals surface area contributed by atoms with Crippen LogP contribution in [0.25, 0.3) is 0 Å². The first kappa shape index (κ1) is 20.1. The quantitative estimate of drug-likeness (QED) is 0.379. The Morgan fingerprint density at radius 2 is 1.76 bits per heavy atom. The summed E-state index contributed by atoms with van der Waals surface area (Å²) < 4.78 is 9.91. The number of hydrogen-bond acceptors (Lipinski definition) is 3. The number of carbonyl (C=O) groups is 1. The van der Waals surface area contributed by atoms with Crippen LogP contribution in [0.1, 0.15) is 16.8 Å². The first-order chi connectivity index (χ1) is 13.9. The van der Waals surface area contributed by atoms with Gasteiger partial charge in [-0.1, -0.05) is 65.1 Å². The maximum absolute atomic E-state index is 12.5. The summed E-state index contributed by atoms with van der Waals surface area (Å²) in [5.74, 6) is -0.614. The molecule has 0 aliphatic heterocycles.